The second kappa shape index (κ2) is 7.59. The molecule has 0 spiro atoms. The number of aryl methyl sites for hydroxylation is 1. The van der Waals surface area contributed by atoms with Crippen molar-refractivity contribution in [2.24, 2.45) is 0 Å². The van der Waals surface area contributed by atoms with Crippen molar-refractivity contribution >= 4 is 50.8 Å². The predicted octanol–water partition coefficient (Wildman–Crippen LogP) is 3.53. The highest BCUT2D eigenvalue weighted by atomic mass is 79.9. The number of carbonyl (C=O) groups excluding carboxylic acids is 3. The van der Waals surface area contributed by atoms with E-state index in [9.17, 15) is 14.4 Å². The van der Waals surface area contributed by atoms with Crippen molar-refractivity contribution in [2.75, 3.05) is 5.32 Å². The average Bonchev–Trinajstić information content (AvgIpc) is 3.11. The first-order valence-corrected chi connectivity index (χ1v) is 9.76. The van der Waals surface area contributed by atoms with Crippen LogP contribution in [0.2, 0.25) is 0 Å². The molecule has 1 aliphatic heterocycles. The summed E-state index contributed by atoms with van der Waals surface area (Å²) in [6.45, 7) is 1.63. The molecule has 6 nitrogen and oxygen atoms in total. The number of rotatable bonds is 6. The Bertz CT molecular complexity index is 867. The standard InChI is InChI=1S/C18H18BrN3O3S/c1-18(16(24)21-17(25)22-18)11-4-2-5-12(10-11)20-15(23)7-3-6-13-8-9-14(19)26-13/h2,4-5,8-10H,3,6-7H2,1H3,(H,20,23)(H2,21,22,24,25). The smallest absolute Gasteiger partial charge is 0.322 e. The number of halogens is 1. The van der Waals surface area contributed by atoms with Gasteiger partial charge in [0.05, 0.1) is 3.79 Å². The van der Waals surface area contributed by atoms with Gasteiger partial charge in [0, 0.05) is 17.0 Å². The number of amides is 4. The van der Waals surface area contributed by atoms with Crippen molar-refractivity contribution in [2.45, 2.75) is 31.7 Å². The Kier molecular flexibility index (Phi) is 5.43. The molecule has 4 amide bonds. The summed E-state index contributed by atoms with van der Waals surface area (Å²) in [6.07, 6.45) is 2.02. The first-order chi connectivity index (χ1) is 12.4. The van der Waals surface area contributed by atoms with Gasteiger partial charge in [-0.05, 0) is 65.5 Å². The summed E-state index contributed by atoms with van der Waals surface area (Å²) in [4.78, 5) is 36.9. The summed E-state index contributed by atoms with van der Waals surface area (Å²) in [7, 11) is 0. The summed E-state index contributed by atoms with van der Waals surface area (Å²) < 4.78 is 1.09. The van der Waals surface area contributed by atoms with Gasteiger partial charge in [-0.15, -0.1) is 11.3 Å². The molecular weight excluding hydrogens is 418 g/mol. The van der Waals surface area contributed by atoms with Gasteiger partial charge in [-0.2, -0.15) is 0 Å². The van der Waals surface area contributed by atoms with Crippen LogP contribution in [0.15, 0.2) is 40.2 Å². The van der Waals surface area contributed by atoms with Gasteiger partial charge in [0.15, 0.2) is 0 Å². The maximum Gasteiger partial charge on any atom is 0.322 e. The van der Waals surface area contributed by atoms with E-state index >= 15 is 0 Å². The van der Waals surface area contributed by atoms with Gasteiger partial charge in [0.25, 0.3) is 5.91 Å². The topological polar surface area (TPSA) is 87.3 Å². The van der Waals surface area contributed by atoms with E-state index in [0.717, 1.165) is 16.6 Å². The van der Waals surface area contributed by atoms with Crippen LogP contribution >= 0.6 is 27.3 Å². The molecular formula is C18H18BrN3O3S. The van der Waals surface area contributed by atoms with Crippen LogP contribution in [0, 0.1) is 0 Å². The van der Waals surface area contributed by atoms with Crippen LogP contribution in [0.3, 0.4) is 0 Å². The fourth-order valence-corrected chi connectivity index (χ4v) is 4.31. The Morgan fingerprint density at radius 2 is 2.08 bits per heavy atom. The van der Waals surface area contributed by atoms with E-state index in [1.165, 1.54) is 4.88 Å². The Balaban J connectivity index is 1.59. The highest BCUT2D eigenvalue weighted by molar-refractivity contribution is 9.11. The van der Waals surface area contributed by atoms with E-state index in [-0.39, 0.29) is 5.91 Å². The summed E-state index contributed by atoms with van der Waals surface area (Å²) in [5.41, 5.74) is 0.0771. The van der Waals surface area contributed by atoms with Crippen LogP contribution < -0.4 is 16.0 Å². The van der Waals surface area contributed by atoms with Crippen molar-refractivity contribution in [3.05, 3.63) is 50.6 Å². The molecule has 1 atom stereocenters. The highest BCUT2D eigenvalue weighted by Gasteiger charge is 2.43. The summed E-state index contributed by atoms with van der Waals surface area (Å²) in [6, 6.07) is 10.5. The molecule has 3 rings (SSSR count). The third-order valence-corrected chi connectivity index (χ3v) is 5.91. The number of benzene rings is 1. The van der Waals surface area contributed by atoms with E-state index in [2.05, 4.69) is 37.9 Å². The summed E-state index contributed by atoms with van der Waals surface area (Å²) >= 11 is 5.10. The third-order valence-electron chi connectivity index (χ3n) is 4.22. The maximum atomic E-state index is 12.2. The highest BCUT2D eigenvalue weighted by Crippen LogP contribution is 2.27. The minimum Gasteiger partial charge on any atom is -0.326 e. The molecule has 2 heterocycles. The molecule has 136 valence electrons. The lowest BCUT2D eigenvalue weighted by atomic mass is 9.92. The largest absolute Gasteiger partial charge is 0.326 e. The van der Waals surface area contributed by atoms with E-state index in [1.807, 2.05) is 6.07 Å². The number of urea groups is 1. The molecule has 8 heteroatoms. The monoisotopic (exact) mass is 435 g/mol. The Hall–Kier alpha value is -2.19. The van der Waals surface area contributed by atoms with Crippen LogP contribution in [0.25, 0.3) is 0 Å². The maximum absolute atomic E-state index is 12.2. The number of hydrogen-bond acceptors (Lipinski definition) is 4. The van der Waals surface area contributed by atoms with E-state index < -0.39 is 17.5 Å². The lowest BCUT2D eigenvalue weighted by Gasteiger charge is -2.21. The van der Waals surface area contributed by atoms with Gasteiger partial charge in [-0.1, -0.05) is 12.1 Å². The third kappa shape index (κ3) is 4.13. The molecule has 26 heavy (non-hydrogen) atoms. The van der Waals surface area contributed by atoms with Gasteiger partial charge >= 0.3 is 6.03 Å². The van der Waals surface area contributed by atoms with Gasteiger partial charge < -0.3 is 10.6 Å². The van der Waals surface area contributed by atoms with Gasteiger partial charge in [-0.25, -0.2) is 4.79 Å². The van der Waals surface area contributed by atoms with Gasteiger partial charge in [-0.3, -0.25) is 14.9 Å². The minimum absolute atomic E-state index is 0.0807. The van der Waals surface area contributed by atoms with Gasteiger partial charge in [0.2, 0.25) is 5.91 Å². The molecule has 2 aromatic rings. The molecule has 1 aromatic heterocycles. The van der Waals surface area contributed by atoms with Crippen molar-refractivity contribution in [3.63, 3.8) is 0 Å². The minimum atomic E-state index is -1.13. The normalized spacial score (nSPS) is 19.2. The molecule has 0 saturated carbocycles. The zero-order valence-electron chi connectivity index (χ0n) is 14.1. The summed E-state index contributed by atoms with van der Waals surface area (Å²) in [5.74, 6) is -0.490. The van der Waals surface area contributed by atoms with Crippen LogP contribution in [0.4, 0.5) is 10.5 Å². The molecule has 1 unspecified atom stereocenters. The van der Waals surface area contributed by atoms with Crippen molar-refractivity contribution < 1.29 is 14.4 Å². The molecule has 1 aromatic carbocycles. The van der Waals surface area contributed by atoms with Crippen LogP contribution in [0.5, 0.6) is 0 Å². The lowest BCUT2D eigenvalue weighted by Crippen LogP contribution is -2.40. The first-order valence-electron chi connectivity index (χ1n) is 8.15. The zero-order valence-corrected chi connectivity index (χ0v) is 16.5. The van der Waals surface area contributed by atoms with Gasteiger partial charge in [0.1, 0.15) is 5.54 Å². The first kappa shape index (κ1) is 18.6. The van der Waals surface area contributed by atoms with Crippen molar-refractivity contribution in [1.29, 1.82) is 0 Å². The molecule has 1 saturated heterocycles. The fourth-order valence-electron chi connectivity index (χ4n) is 2.79. The number of thiophene rings is 1. The molecule has 1 aliphatic rings. The van der Waals surface area contributed by atoms with E-state index in [4.69, 9.17) is 0 Å². The summed E-state index contributed by atoms with van der Waals surface area (Å²) in [5, 5.41) is 7.70. The zero-order chi connectivity index (χ0) is 18.7. The van der Waals surface area contributed by atoms with Crippen molar-refractivity contribution in [3.8, 4) is 0 Å². The van der Waals surface area contributed by atoms with E-state index in [1.54, 1.807) is 42.5 Å². The second-order valence-electron chi connectivity index (χ2n) is 6.22. The van der Waals surface area contributed by atoms with Crippen molar-refractivity contribution in [1.82, 2.24) is 10.6 Å². The number of hydrogen-bond donors (Lipinski definition) is 3. The molecule has 3 N–H and O–H groups in total. The molecule has 1 fully saturated rings. The SMILES string of the molecule is CC1(c2cccc(NC(=O)CCCc3ccc(Br)s3)c2)NC(=O)NC1=O. The number of anilines is 1. The number of carbonyl (C=O) groups is 3. The Labute approximate surface area is 163 Å². The van der Waals surface area contributed by atoms with Crippen LogP contribution in [-0.2, 0) is 21.5 Å². The van der Waals surface area contributed by atoms with Crippen LogP contribution in [-0.4, -0.2) is 17.8 Å². The fraction of sp³-hybridized carbons (Fsp3) is 0.278. The quantitative estimate of drug-likeness (QED) is 0.606. The predicted molar refractivity (Wildman–Crippen MR) is 104 cm³/mol. The Morgan fingerprint density at radius 1 is 1.27 bits per heavy atom. The number of imide groups is 1. The lowest BCUT2D eigenvalue weighted by molar-refractivity contribution is -0.123. The Morgan fingerprint density at radius 3 is 2.73 bits per heavy atom. The molecule has 0 bridgehead atoms. The number of nitrogens with one attached hydrogen (secondary N) is 3. The van der Waals surface area contributed by atoms with E-state index in [0.29, 0.717) is 17.7 Å². The molecule has 0 radical (unpaired) electrons. The molecule has 0 aliphatic carbocycles. The average molecular weight is 436 g/mol. The second-order valence-corrected chi connectivity index (χ2v) is 8.77. The van der Waals surface area contributed by atoms with Crippen LogP contribution in [0.1, 0.15) is 30.2 Å².